The maximum atomic E-state index is 6.15. The normalized spacial score (nSPS) is 45.0. The molecule has 4 atom stereocenters. The lowest BCUT2D eigenvalue weighted by atomic mass is 9.79. The van der Waals surface area contributed by atoms with Crippen LogP contribution in [0.1, 0.15) is 26.2 Å². The van der Waals surface area contributed by atoms with Gasteiger partial charge in [-0.3, -0.25) is 0 Å². The van der Waals surface area contributed by atoms with E-state index in [4.69, 9.17) is 5.73 Å². The van der Waals surface area contributed by atoms with Gasteiger partial charge in [0.2, 0.25) is 0 Å². The average molecular weight is 190 g/mol. The number of allylic oxidation sites excluding steroid dienone is 2. The zero-order valence-electron chi connectivity index (χ0n) is 8.66. The minimum Gasteiger partial charge on any atom is -0.384 e. The smallest absolute Gasteiger partial charge is 0.0387 e. The first-order chi connectivity index (χ1) is 6.77. The van der Waals surface area contributed by atoms with Gasteiger partial charge in [-0.2, -0.15) is 0 Å². The monoisotopic (exact) mass is 190 g/mol. The van der Waals surface area contributed by atoms with Crippen molar-refractivity contribution in [2.75, 3.05) is 0 Å². The summed E-state index contributed by atoms with van der Waals surface area (Å²) in [6, 6.07) is 0.975. The molecule has 0 amide bonds. The number of nitrogens with two attached hydrogens (primary N) is 1. The molecular weight excluding hydrogens is 172 g/mol. The number of hydrogen-bond donors (Lipinski definition) is 2. The van der Waals surface area contributed by atoms with Crippen molar-refractivity contribution in [2.45, 2.75) is 38.3 Å². The van der Waals surface area contributed by atoms with Crippen LogP contribution in [-0.2, 0) is 0 Å². The van der Waals surface area contributed by atoms with Gasteiger partial charge in [0.25, 0.3) is 0 Å². The van der Waals surface area contributed by atoms with Crippen LogP contribution in [0.25, 0.3) is 0 Å². The highest BCUT2D eigenvalue weighted by Crippen LogP contribution is 2.42. The summed E-state index contributed by atoms with van der Waals surface area (Å²) in [6.07, 6.45) is 8.18. The molecule has 0 fully saturated rings. The van der Waals surface area contributed by atoms with Crippen LogP contribution < -0.4 is 11.1 Å². The van der Waals surface area contributed by atoms with Crippen LogP contribution in [0.5, 0.6) is 0 Å². The van der Waals surface area contributed by atoms with E-state index in [-0.39, 0.29) is 0 Å². The van der Waals surface area contributed by atoms with E-state index < -0.39 is 0 Å². The molecule has 2 heteroatoms. The van der Waals surface area contributed by atoms with Gasteiger partial charge in [0.1, 0.15) is 0 Å². The van der Waals surface area contributed by atoms with Crippen LogP contribution in [0.3, 0.4) is 0 Å². The molecule has 0 saturated heterocycles. The molecule has 3 rings (SSSR count). The van der Waals surface area contributed by atoms with Crippen LogP contribution in [0.4, 0.5) is 0 Å². The number of nitrogens with one attached hydrogen (secondary N) is 1. The molecule has 0 bridgehead atoms. The molecule has 14 heavy (non-hydrogen) atoms. The third-order valence-corrected chi connectivity index (χ3v) is 4.02. The Morgan fingerprint density at radius 3 is 3.21 bits per heavy atom. The number of rotatable bonds is 0. The van der Waals surface area contributed by atoms with E-state index in [1.807, 2.05) is 0 Å². The second kappa shape index (κ2) is 2.86. The van der Waals surface area contributed by atoms with Gasteiger partial charge in [-0.1, -0.05) is 19.1 Å². The zero-order valence-corrected chi connectivity index (χ0v) is 8.66. The molecule has 2 aliphatic carbocycles. The van der Waals surface area contributed by atoms with Gasteiger partial charge in [-0.15, -0.1) is 0 Å². The van der Waals surface area contributed by atoms with E-state index in [0.29, 0.717) is 23.9 Å². The second-order valence-corrected chi connectivity index (χ2v) is 4.88. The summed E-state index contributed by atoms with van der Waals surface area (Å²) in [5.74, 6) is 1.36. The largest absolute Gasteiger partial charge is 0.384 e. The Hall–Kier alpha value is -0.760. The fourth-order valence-corrected chi connectivity index (χ4v) is 3.30. The van der Waals surface area contributed by atoms with Crippen molar-refractivity contribution < 1.29 is 0 Å². The Bertz CT molecular complexity index is 316. The Morgan fingerprint density at radius 1 is 1.50 bits per heavy atom. The van der Waals surface area contributed by atoms with Gasteiger partial charge < -0.3 is 11.1 Å². The Balaban J connectivity index is 1.93. The van der Waals surface area contributed by atoms with Crippen molar-refractivity contribution in [3.8, 4) is 0 Å². The SMILES string of the molecule is CC1C=CCC2C3=C(CCC3N)NC12. The van der Waals surface area contributed by atoms with E-state index in [0.717, 1.165) is 6.42 Å². The molecule has 3 N–H and O–H groups in total. The molecule has 0 aromatic rings. The molecule has 1 heterocycles. The quantitative estimate of drug-likeness (QED) is 0.569. The van der Waals surface area contributed by atoms with Gasteiger partial charge in [-0.25, -0.2) is 0 Å². The molecule has 0 radical (unpaired) electrons. The van der Waals surface area contributed by atoms with E-state index in [2.05, 4.69) is 24.4 Å². The van der Waals surface area contributed by atoms with E-state index >= 15 is 0 Å². The lowest BCUT2D eigenvalue weighted by Gasteiger charge is -2.31. The second-order valence-electron chi connectivity index (χ2n) is 4.88. The number of fused-ring (bicyclic) bond motifs is 2. The van der Waals surface area contributed by atoms with Crippen LogP contribution >= 0.6 is 0 Å². The van der Waals surface area contributed by atoms with Crippen LogP contribution in [0.15, 0.2) is 23.4 Å². The van der Waals surface area contributed by atoms with Crippen molar-refractivity contribution >= 4 is 0 Å². The van der Waals surface area contributed by atoms with Gasteiger partial charge in [-0.05, 0) is 30.8 Å². The maximum absolute atomic E-state index is 6.15. The molecular formula is C12H18N2. The topological polar surface area (TPSA) is 38.0 Å². The van der Waals surface area contributed by atoms with Crippen molar-refractivity contribution in [2.24, 2.45) is 17.6 Å². The summed E-state index contributed by atoms with van der Waals surface area (Å²) >= 11 is 0. The van der Waals surface area contributed by atoms with Crippen LogP contribution in [0, 0.1) is 11.8 Å². The fraction of sp³-hybridized carbons (Fsp3) is 0.667. The highest BCUT2D eigenvalue weighted by molar-refractivity contribution is 5.36. The summed E-state index contributed by atoms with van der Waals surface area (Å²) in [4.78, 5) is 0. The van der Waals surface area contributed by atoms with Crippen molar-refractivity contribution in [3.05, 3.63) is 23.4 Å². The number of hydrogen-bond acceptors (Lipinski definition) is 2. The first-order valence-electron chi connectivity index (χ1n) is 5.69. The third-order valence-electron chi connectivity index (χ3n) is 4.02. The minimum atomic E-state index is 0.339. The first-order valence-corrected chi connectivity index (χ1v) is 5.69. The average Bonchev–Trinajstić information content (AvgIpc) is 2.68. The zero-order chi connectivity index (χ0) is 9.71. The molecule has 4 unspecified atom stereocenters. The summed E-state index contributed by atoms with van der Waals surface area (Å²) in [5.41, 5.74) is 9.17. The summed E-state index contributed by atoms with van der Waals surface area (Å²) in [5, 5.41) is 3.68. The Labute approximate surface area is 85.2 Å². The summed E-state index contributed by atoms with van der Waals surface area (Å²) in [7, 11) is 0. The highest BCUT2D eigenvalue weighted by atomic mass is 15.0. The molecule has 0 aromatic carbocycles. The van der Waals surface area contributed by atoms with Crippen LogP contribution in [0.2, 0.25) is 0 Å². The van der Waals surface area contributed by atoms with Crippen molar-refractivity contribution in [1.29, 1.82) is 0 Å². The molecule has 0 aromatic heterocycles. The summed E-state index contributed by atoms with van der Waals surface area (Å²) < 4.78 is 0. The van der Waals surface area contributed by atoms with E-state index in [1.54, 1.807) is 5.57 Å². The van der Waals surface area contributed by atoms with E-state index in [1.165, 1.54) is 18.5 Å². The lowest BCUT2D eigenvalue weighted by molar-refractivity contribution is 0.358. The Morgan fingerprint density at radius 2 is 2.36 bits per heavy atom. The first kappa shape index (κ1) is 8.54. The van der Waals surface area contributed by atoms with Gasteiger partial charge >= 0.3 is 0 Å². The third kappa shape index (κ3) is 1.01. The molecule has 0 saturated carbocycles. The lowest BCUT2D eigenvalue weighted by Crippen LogP contribution is -2.38. The predicted octanol–water partition coefficient (Wildman–Crippen LogP) is 1.55. The van der Waals surface area contributed by atoms with Gasteiger partial charge in [0.05, 0.1) is 0 Å². The minimum absolute atomic E-state index is 0.339. The van der Waals surface area contributed by atoms with Crippen molar-refractivity contribution in [1.82, 2.24) is 5.32 Å². The Kier molecular flexibility index (Phi) is 1.75. The molecule has 76 valence electrons. The fourth-order valence-electron chi connectivity index (χ4n) is 3.30. The predicted molar refractivity (Wildman–Crippen MR) is 57.6 cm³/mol. The molecule has 1 aliphatic heterocycles. The van der Waals surface area contributed by atoms with Gasteiger partial charge in [0.15, 0.2) is 0 Å². The molecule has 3 aliphatic rings. The highest BCUT2D eigenvalue weighted by Gasteiger charge is 2.42. The van der Waals surface area contributed by atoms with Crippen LogP contribution in [-0.4, -0.2) is 12.1 Å². The van der Waals surface area contributed by atoms with E-state index in [9.17, 15) is 0 Å². The summed E-state index contributed by atoms with van der Waals surface area (Å²) in [6.45, 7) is 2.30. The van der Waals surface area contributed by atoms with Crippen molar-refractivity contribution in [3.63, 3.8) is 0 Å². The molecule has 0 spiro atoms. The maximum Gasteiger partial charge on any atom is 0.0387 e. The standard InChI is InChI=1S/C12H18N2/c1-7-3-2-4-8-11-9(13)5-6-10(11)14-12(7)8/h2-3,7-9,12,14H,4-6,13H2,1H3. The molecule has 2 nitrogen and oxygen atoms in total. The van der Waals surface area contributed by atoms with Gasteiger partial charge in [0, 0.05) is 23.7 Å².